The van der Waals surface area contributed by atoms with Crippen LogP contribution in [0.25, 0.3) is 27.9 Å². The van der Waals surface area contributed by atoms with Crippen LogP contribution in [0.4, 0.5) is 5.69 Å². The molecule has 0 radical (unpaired) electrons. The molecule has 0 saturated heterocycles. The van der Waals surface area contributed by atoms with Gasteiger partial charge in [0.2, 0.25) is 0 Å². The number of nitrogen functional groups attached to an aromatic ring is 1. The van der Waals surface area contributed by atoms with E-state index >= 15 is 0 Å². The van der Waals surface area contributed by atoms with Gasteiger partial charge in [-0.1, -0.05) is 30.3 Å². The van der Waals surface area contributed by atoms with Crippen molar-refractivity contribution >= 4 is 45.4 Å². The number of nitrogens with one attached hydrogen (secondary N) is 2. The molecule has 4 aromatic rings. The lowest BCUT2D eigenvalue weighted by Crippen LogP contribution is -2.29. The molecule has 0 aliphatic rings. The lowest BCUT2D eigenvalue weighted by Gasteiger charge is -2.04. The Hall–Kier alpha value is -3.93. The number of carbonyl (C=O) groups excluding carboxylic acids is 2. The zero-order valence-electron chi connectivity index (χ0n) is 14.3. The van der Waals surface area contributed by atoms with Crippen molar-refractivity contribution in [1.82, 2.24) is 15.3 Å². The maximum Gasteiger partial charge on any atom is 0.260 e. The molecule has 2 aromatic carbocycles. The number of benzene rings is 2. The molecule has 4 rings (SSSR count). The number of hydrogen-bond donors (Lipinski definition) is 3. The number of anilines is 1. The summed E-state index contributed by atoms with van der Waals surface area (Å²) >= 11 is 0. The summed E-state index contributed by atoms with van der Waals surface area (Å²) in [6.45, 7) is 0. The Morgan fingerprint density at radius 1 is 1.00 bits per heavy atom. The molecule has 2 amide bonds. The van der Waals surface area contributed by atoms with Gasteiger partial charge in [-0.25, -0.2) is 0 Å². The fourth-order valence-electron chi connectivity index (χ4n) is 2.94. The van der Waals surface area contributed by atoms with Gasteiger partial charge in [0, 0.05) is 28.1 Å². The molecule has 6 nitrogen and oxygen atoms in total. The van der Waals surface area contributed by atoms with E-state index < -0.39 is 11.8 Å². The summed E-state index contributed by atoms with van der Waals surface area (Å²) in [5.74, 6) is -1.08. The van der Waals surface area contributed by atoms with Gasteiger partial charge in [-0.3, -0.25) is 19.9 Å². The van der Waals surface area contributed by atoms with Gasteiger partial charge >= 0.3 is 0 Å². The molecule has 0 spiro atoms. The first-order valence-electron chi connectivity index (χ1n) is 8.36. The number of aromatic amines is 1. The molecule has 0 bridgehead atoms. The molecule has 6 heteroatoms. The summed E-state index contributed by atoms with van der Waals surface area (Å²) in [5.41, 5.74) is 8.90. The SMILES string of the molecule is Nc1ccccc1C(=O)NC(=O)/C=C/c1cc2c(cn1)[nH]c1ccccc12. The molecule has 132 valence electrons. The monoisotopic (exact) mass is 356 g/mol. The molecule has 0 unspecified atom stereocenters. The Balaban J connectivity index is 1.53. The molecular formula is C21H16N4O2. The molecule has 4 N–H and O–H groups in total. The highest BCUT2D eigenvalue weighted by molar-refractivity contribution is 6.11. The molecule has 0 atom stereocenters. The van der Waals surface area contributed by atoms with Crippen LogP contribution >= 0.6 is 0 Å². The summed E-state index contributed by atoms with van der Waals surface area (Å²) < 4.78 is 0. The van der Waals surface area contributed by atoms with Crippen LogP contribution < -0.4 is 11.1 Å². The average molecular weight is 356 g/mol. The van der Waals surface area contributed by atoms with E-state index in [1.54, 1.807) is 36.5 Å². The third kappa shape index (κ3) is 3.28. The number of nitrogens with zero attached hydrogens (tertiary/aromatic N) is 1. The van der Waals surface area contributed by atoms with Crippen LogP contribution in [0, 0.1) is 0 Å². The van der Waals surface area contributed by atoms with E-state index in [9.17, 15) is 9.59 Å². The second-order valence-electron chi connectivity index (χ2n) is 6.06. The molecule has 0 aliphatic carbocycles. The molecule has 2 aromatic heterocycles. The highest BCUT2D eigenvalue weighted by atomic mass is 16.2. The predicted molar refractivity (Wildman–Crippen MR) is 106 cm³/mol. The Kier molecular flexibility index (Phi) is 4.14. The van der Waals surface area contributed by atoms with E-state index in [0.717, 1.165) is 21.8 Å². The number of aromatic nitrogens is 2. The van der Waals surface area contributed by atoms with Crippen LogP contribution in [0.3, 0.4) is 0 Å². The van der Waals surface area contributed by atoms with Gasteiger partial charge in [-0.15, -0.1) is 0 Å². The first-order valence-corrected chi connectivity index (χ1v) is 8.36. The number of rotatable bonds is 3. The maximum absolute atomic E-state index is 12.1. The van der Waals surface area contributed by atoms with E-state index in [4.69, 9.17) is 5.73 Å². The lowest BCUT2D eigenvalue weighted by molar-refractivity contribution is -0.115. The zero-order valence-corrected chi connectivity index (χ0v) is 14.3. The quantitative estimate of drug-likeness (QED) is 0.387. The van der Waals surface area contributed by atoms with Crippen molar-refractivity contribution in [2.24, 2.45) is 0 Å². The van der Waals surface area contributed by atoms with Crippen molar-refractivity contribution in [3.63, 3.8) is 0 Å². The van der Waals surface area contributed by atoms with E-state index in [2.05, 4.69) is 15.3 Å². The maximum atomic E-state index is 12.1. The van der Waals surface area contributed by atoms with Crippen molar-refractivity contribution in [2.45, 2.75) is 0 Å². The minimum atomic E-state index is -0.539. The molecule has 27 heavy (non-hydrogen) atoms. The van der Waals surface area contributed by atoms with E-state index in [1.165, 1.54) is 6.08 Å². The first kappa shape index (κ1) is 16.5. The van der Waals surface area contributed by atoms with Crippen molar-refractivity contribution in [3.8, 4) is 0 Å². The molecule has 0 saturated carbocycles. The van der Waals surface area contributed by atoms with Crippen LogP contribution in [-0.4, -0.2) is 21.8 Å². The number of carbonyl (C=O) groups is 2. The van der Waals surface area contributed by atoms with Gasteiger partial charge in [0.15, 0.2) is 0 Å². The third-order valence-corrected chi connectivity index (χ3v) is 4.26. The summed E-state index contributed by atoms with van der Waals surface area (Å²) in [4.78, 5) is 31.8. The number of pyridine rings is 1. The van der Waals surface area contributed by atoms with Crippen LogP contribution in [0.5, 0.6) is 0 Å². The topological polar surface area (TPSA) is 101 Å². The summed E-state index contributed by atoms with van der Waals surface area (Å²) in [6, 6.07) is 16.4. The van der Waals surface area contributed by atoms with Gasteiger partial charge in [-0.2, -0.15) is 0 Å². The Labute approximate surface area is 154 Å². The summed E-state index contributed by atoms with van der Waals surface area (Å²) in [6.07, 6.45) is 4.57. The standard InChI is InChI=1S/C21H16N4O2/c22-17-7-3-1-6-15(17)21(27)25-20(26)10-9-13-11-16-14-5-2-4-8-18(14)24-19(16)12-23-13/h1-12,24H,22H2,(H,25,26,27)/b10-9+. The van der Waals surface area contributed by atoms with Gasteiger partial charge in [0.05, 0.1) is 23.0 Å². The van der Waals surface area contributed by atoms with E-state index in [0.29, 0.717) is 11.4 Å². The van der Waals surface area contributed by atoms with Crippen molar-refractivity contribution in [2.75, 3.05) is 5.73 Å². The predicted octanol–water partition coefficient (Wildman–Crippen LogP) is 3.27. The molecule has 0 fully saturated rings. The second kappa shape index (κ2) is 6.76. The normalized spacial score (nSPS) is 11.3. The van der Waals surface area contributed by atoms with Crippen LogP contribution in [0.1, 0.15) is 16.1 Å². The van der Waals surface area contributed by atoms with Crippen LogP contribution in [0.15, 0.2) is 66.9 Å². The lowest BCUT2D eigenvalue weighted by atomic mass is 10.1. The minimum absolute atomic E-state index is 0.262. The number of H-pyrrole nitrogens is 1. The minimum Gasteiger partial charge on any atom is -0.398 e. The number of imide groups is 1. The van der Waals surface area contributed by atoms with Crippen molar-refractivity contribution in [3.05, 3.63) is 78.1 Å². The third-order valence-electron chi connectivity index (χ3n) is 4.26. The first-order chi connectivity index (χ1) is 13.1. The van der Waals surface area contributed by atoms with Crippen molar-refractivity contribution < 1.29 is 9.59 Å². The van der Waals surface area contributed by atoms with Crippen LogP contribution in [0.2, 0.25) is 0 Å². The van der Waals surface area contributed by atoms with E-state index in [-0.39, 0.29) is 5.56 Å². The van der Waals surface area contributed by atoms with Gasteiger partial charge in [0.25, 0.3) is 11.8 Å². The largest absolute Gasteiger partial charge is 0.398 e. The fraction of sp³-hybridized carbons (Fsp3) is 0. The highest BCUT2D eigenvalue weighted by Gasteiger charge is 2.11. The zero-order chi connectivity index (χ0) is 18.8. The highest BCUT2D eigenvalue weighted by Crippen LogP contribution is 2.25. The second-order valence-corrected chi connectivity index (χ2v) is 6.06. The number of nitrogens with two attached hydrogens (primary N) is 1. The molecule has 2 heterocycles. The Morgan fingerprint density at radius 2 is 1.78 bits per heavy atom. The smallest absolute Gasteiger partial charge is 0.260 e. The average Bonchev–Trinajstić information content (AvgIpc) is 3.04. The molecular weight excluding hydrogens is 340 g/mol. The van der Waals surface area contributed by atoms with Gasteiger partial charge in [0.1, 0.15) is 0 Å². The van der Waals surface area contributed by atoms with Crippen molar-refractivity contribution in [1.29, 1.82) is 0 Å². The van der Waals surface area contributed by atoms with Gasteiger partial charge in [-0.05, 0) is 30.3 Å². The number of para-hydroxylation sites is 2. The number of amides is 2. The fourth-order valence-corrected chi connectivity index (χ4v) is 2.94. The Morgan fingerprint density at radius 3 is 2.63 bits per heavy atom. The summed E-state index contributed by atoms with van der Waals surface area (Å²) in [5, 5.41) is 4.40. The Bertz CT molecular complexity index is 1210. The summed E-state index contributed by atoms with van der Waals surface area (Å²) in [7, 11) is 0. The van der Waals surface area contributed by atoms with Crippen LogP contribution in [-0.2, 0) is 4.79 Å². The number of fused-ring (bicyclic) bond motifs is 3. The van der Waals surface area contributed by atoms with Gasteiger partial charge < -0.3 is 10.7 Å². The van der Waals surface area contributed by atoms with E-state index in [1.807, 2.05) is 30.3 Å². The molecule has 0 aliphatic heterocycles. The number of hydrogen-bond acceptors (Lipinski definition) is 4.